The largest absolute Gasteiger partial charge is 0.496 e. The van der Waals surface area contributed by atoms with Gasteiger partial charge in [-0.15, -0.1) is 0 Å². The molecule has 1 aromatic rings. The molecule has 0 aliphatic heterocycles. The van der Waals surface area contributed by atoms with Crippen molar-refractivity contribution in [2.24, 2.45) is 16.8 Å². The fraction of sp³-hybridized carbons (Fsp3) is 0.500. The molecule has 0 spiro atoms. The zero-order valence-electron chi connectivity index (χ0n) is 11.7. The fourth-order valence-corrected chi connectivity index (χ4v) is 2.81. The van der Waals surface area contributed by atoms with Crippen LogP contribution in [-0.2, 0) is 5.75 Å². The van der Waals surface area contributed by atoms with Gasteiger partial charge in [-0.3, -0.25) is 0 Å². The zero-order valence-corrected chi connectivity index (χ0v) is 12.5. The Bertz CT molecular complexity index is 433. The second-order valence-corrected chi connectivity index (χ2v) is 5.86. The SMILES string of the molecule is COc1ccc(CSCCC(C)C)cc1/C(N)=N/O. The molecule has 1 aromatic carbocycles. The van der Waals surface area contributed by atoms with Gasteiger partial charge in [-0.05, 0) is 35.8 Å². The van der Waals surface area contributed by atoms with Crippen LogP contribution in [0.25, 0.3) is 0 Å². The van der Waals surface area contributed by atoms with E-state index in [-0.39, 0.29) is 5.84 Å². The van der Waals surface area contributed by atoms with Crippen LogP contribution in [0.5, 0.6) is 5.75 Å². The van der Waals surface area contributed by atoms with Crippen LogP contribution in [0.2, 0.25) is 0 Å². The molecule has 0 amide bonds. The average Bonchev–Trinajstić information content (AvgIpc) is 2.42. The molecule has 0 aliphatic rings. The lowest BCUT2D eigenvalue weighted by Crippen LogP contribution is -2.14. The summed E-state index contributed by atoms with van der Waals surface area (Å²) >= 11 is 1.89. The van der Waals surface area contributed by atoms with Gasteiger partial charge in [0, 0.05) is 5.75 Å². The summed E-state index contributed by atoms with van der Waals surface area (Å²) in [6, 6.07) is 5.78. The molecule has 5 heteroatoms. The third kappa shape index (κ3) is 5.03. The van der Waals surface area contributed by atoms with Crippen molar-refractivity contribution in [1.29, 1.82) is 0 Å². The van der Waals surface area contributed by atoms with Crippen molar-refractivity contribution in [1.82, 2.24) is 0 Å². The molecule has 0 fully saturated rings. The Morgan fingerprint density at radius 2 is 2.21 bits per heavy atom. The standard InChI is InChI=1S/C14H22N2O2S/c1-10(2)6-7-19-9-11-4-5-13(18-3)12(8-11)14(15)16-17/h4-5,8,10,17H,6-7,9H2,1-3H3,(H2,15,16). The zero-order chi connectivity index (χ0) is 14.3. The molecule has 0 saturated carbocycles. The Morgan fingerprint density at radius 1 is 1.47 bits per heavy atom. The predicted octanol–water partition coefficient (Wildman–Crippen LogP) is 3.07. The Labute approximate surface area is 119 Å². The van der Waals surface area contributed by atoms with Crippen LogP contribution >= 0.6 is 11.8 Å². The molecule has 4 nitrogen and oxygen atoms in total. The number of amidine groups is 1. The number of thioether (sulfide) groups is 1. The molecule has 19 heavy (non-hydrogen) atoms. The number of benzene rings is 1. The Kier molecular flexibility index (Phi) is 6.56. The lowest BCUT2D eigenvalue weighted by atomic mass is 10.1. The van der Waals surface area contributed by atoms with E-state index < -0.39 is 0 Å². The van der Waals surface area contributed by atoms with Gasteiger partial charge in [-0.2, -0.15) is 11.8 Å². The highest BCUT2D eigenvalue weighted by Gasteiger charge is 2.09. The fourth-order valence-electron chi connectivity index (χ4n) is 1.61. The second kappa shape index (κ2) is 7.94. The number of rotatable bonds is 7. The van der Waals surface area contributed by atoms with Gasteiger partial charge in [-0.1, -0.05) is 25.1 Å². The minimum absolute atomic E-state index is 0.0749. The predicted molar refractivity (Wildman–Crippen MR) is 81.1 cm³/mol. The van der Waals surface area contributed by atoms with Gasteiger partial charge in [0.05, 0.1) is 12.7 Å². The number of oxime groups is 1. The maximum Gasteiger partial charge on any atom is 0.173 e. The molecular formula is C14H22N2O2S. The summed E-state index contributed by atoms with van der Waals surface area (Å²) in [6.07, 6.45) is 1.22. The maximum atomic E-state index is 8.78. The molecule has 0 heterocycles. The van der Waals surface area contributed by atoms with Crippen molar-refractivity contribution in [3.63, 3.8) is 0 Å². The van der Waals surface area contributed by atoms with Gasteiger partial charge in [-0.25, -0.2) is 0 Å². The first-order valence-corrected chi connectivity index (χ1v) is 7.46. The molecule has 1 rings (SSSR count). The van der Waals surface area contributed by atoms with E-state index in [4.69, 9.17) is 15.7 Å². The summed E-state index contributed by atoms with van der Waals surface area (Å²) in [5.41, 5.74) is 7.43. The molecule has 0 bridgehead atoms. The van der Waals surface area contributed by atoms with Gasteiger partial charge in [0.1, 0.15) is 5.75 Å². The third-order valence-corrected chi connectivity index (χ3v) is 3.82. The summed E-state index contributed by atoms with van der Waals surface area (Å²) in [6.45, 7) is 4.45. The summed E-state index contributed by atoms with van der Waals surface area (Å²) in [5.74, 6) is 3.48. The lowest BCUT2D eigenvalue weighted by molar-refractivity contribution is 0.318. The van der Waals surface area contributed by atoms with Crippen LogP contribution in [0, 0.1) is 5.92 Å². The summed E-state index contributed by atoms with van der Waals surface area (Å²) in [7, 11) is 1.57. The van der Waals surface area contributed by atoms with Crippen LogP contribution in [0.3, 0.4) is 0 Å². The van der Waals surface area contributed by atoms with Crippen molar-refractivity contribution in [3.05, 3.63) is 29.3 Å². The normalized spacial score (nSPS) is 11.9. The third-order valence-electron chi connectivity index (χ3n) is 2.76. The number of ether oxygens (including phenoxy) is 1. The number of nitrogens with zero attached hydrogens (tertiary/aromatic N) is 1. The quantitative estimate of drug-likeness (QED) is 0.265. The second-order valence-electron chi connectivity index (χ2n) is 4.75. The minimum atomic E-state index is 0.0749. The molecule has 0 aliphatic carbocycles. The van der Waals surface area contributed by atoms with Crippen LogP contribution in [0.4, 0.5) is 0 Å². The van der Waals surface area contributed by atoms with E-state index in [1.165, 1.54) is 6.42 Å². The molecule has 0 radical (unpaired) electrons. The van der Waals surface area contributed by atoms with Gasteiger partial charge in [0.25, 0.3) is 0 Å². The molecule has 0 saturated heterocycles. The number of methoxy groups -OCH3 is 1. The van der Waals surface area contributed by atoms with Gasteiger partial charge >= 0.3 is 0 Å². The van der Waals surface area contributed by atoms with Crippen molar-refractivity contribution >= 4 is 17.6 Å². The van der Waals surface area contributed by atoms with Gasteiger partial charge in [0.15, 0.2) is 5.84 Å². The summed E-state index contributed by atoms with van der Waals surface area (Å²) < 4.78 is 5.20. The first-order chi connectivity index (χ1) is 9.08. The van der Waals surface area contributed by atoms with E-state index in [0.29, 0.717) is 11.3 Å². The lowest BCUT2D eigenvalue weighted by Gasteiger charge is -2.10. The summed E-state index contributed by atoms with van der Waals surface area (Å²) in [4.78, 5) is 0. The molecule has 3 N–H and O–H groups in total. The first kappa shape index (κ1) is 15.7. The van der Waals surface area contributed by atoms with Crippen molar-refractivity contribution < 1.29 is 9.94 Å². The van der Waals surface area contributed by atoms with Crippen molar-refractivity contribution in [2.45, 2.75) is 26.0 Å². The van der Waals surface area contributed by atoms with E-state index in [2.05, 4.69) is 19.0 Å². The summed E-state index contributed by atoms with van der Waals surface area (Å²) in [5, 5.41) is 11.8. The monoisotopic (exact) mass is 282 g/mol. The van der Waals surface area contributed by atoms with Gasteiger partial charge in [0.2, 0.25) is 0 Å². The van der Waals surface area contributed by atoms with Crippen LogP contribution < -0.4 is 10.5 Å². The Hall–Kier alpha value is -1.36. The Balaban J connectivity index is 2.70. The van der Waals surface area contributed by atoms with Crippen LogP contribution in [-0.4, -0.2) is 23.9 Å². The van der Waals surface area contributed by atoms with E-state index in [9.17, 15) is 0 Å². The van der Waals surface area contributed by atoms with E-state index >= 15 is 0 Å². The highest BCUT2D eigenvalue weighted by molar-refractivity contribution is 7.98. The van der Waals surface area contributed by atoms with Gasteiger partial charge < -0.3 is 15.7 Å². The highest BCUT2D eigenvalue weighted by atomic mass is 32.2. The molecule has 106 valence electrons. The van der Waals surface area contributed by atoms with Crippen LogP contribution in [0.15, 0.2) is 23.4 Å². The molecule has 0 aromatic heterocycles. The minimum Gasteiger partial charge on any atom is -0.496 e. The molecule has 0 atom stereocenters. The number of nitrogens with two attached hydrogens (primary N) is 1. The van der Waals surface area contributed by atoms with Crippen molar-refractivity contribution in [2.75, 3.05) is 12.9 Å². The molecular weight excluding hydrogens is 260 g/mol. The average molecular weight is 282 g/mol. The van der Waals surface area contributed by atoms with E-state index in [1.54, 1.807) is 7.11 Å². The topological polar surface area (TPSA) is 67.8 Å². The highest BCUT2D eigenvalue weighted by Crippen LogP contribution is 2.23. The smallest absolute Gasteiger partial charge is 0.173 e. The maximum absolute atomic E-state index is 8.78. The van der Waals surface area contributed by atoms with E-state index in [1.807, 2.05) is 30.0 Å². The van der Waals surface area contributed by atoms with Crippen molar-refractivity contribution in [3.8, 4) is 5.75 Å². The molecule has 0 unspecified atom stereocenters. The number of hydrogen-bond acceptors (Lipinski definition) is 4. The first-order valence-electron chi connectivity index (χ1n) is 6.31. The Morgan fingerprint density at radius 3 is 2.79 bits per heavy atom. The number of hydrogen-bond donors (Lipinski definition) is 2. The van der Waals surface area contributed by atoms with Crippen LogP contribution in [0.1, 0.15) is 31.4 Å². The van der Waals surface area contributed by atoms with E-state index in [0.717, 1.165) is 23.0 Å².